The first-order valence-electron chi connectivity index (χ1n) is 6.53. The Morgan fingerprint density at radius 2 is 1.86 bits per heavy atom. The minimum absolute atomic E-state index is 0.276. The summed E-state index contributed by atoms with van der Waals surface area (Å²) in [7, 11) is 1.56. The van der Waals surface area contributed by atoms with Crippen LogP contribution in [0.1, 0.15) is 22.0 Å². The third kappa shape index (κ3) is 4.14. The molecule has 2 rings (SSSR count). The van der Waals surface area contributed by atoms with Crippen molar-refractivity contribution in [3.8, 4) is 0 Å². The van der Waals surface area contributed by atoms with Crippen molar-refractivity contribution in [2.24, 2.45) is 0 Å². The highest BCUT2D eigenvalue weighted by atomic mass is 35.5. The maximum atomic E-state index is 12.2. The predicted molar refractivity (Wildman–Crippen MR) is 90.0 cm³/mol. The molecule has 2 aromatic carbocycles. The molecule has 0 aromatic heterocycles. The number of hydrogen-bond acceptors (Lipinski definition) is 2. The number of carbonyl (C=O) groups excluding carboxylic acids is 1. The van der Waals surface area contributed by atoms with Gasteiger partial charge in [0.2, 0.25) is 0 Å². The molecule has 3 nitrogen and oxygen atoms in total. The highest BCUT2D eigenvalue weighted by molar-refractivity contribution is 6.36. The van der Waals surface area contributed by atoms with Gasteiger partial charge in [-0.25, -0.2) is 0 Å². The Bertz CT molecular complexity index is 676. The molecule has 0 aliphatic rings. The number of halogens is 3. The van der Waals surface area contributed by atoms with Crippen LogP contribution in [0.3, 0.4) is 0 Å². The van der Waals surface area contributed by atoms with E-state index in [1.54, 1.807) is 25.3 Å². The number of carbonyl (C=O) groups is 1. The lowest BCUT2D eigenvalue weighted by Crippen LogP contribution is -2.29. The number of ether oxygens (including phenoxy) is 1. The minimum Gasteiger partial charge on any atom is -0.375 e. The van der Waals surface area contributed by atoms with E-state index in [1.165, 1.54) is 6.07 Å². The lowest BCUT2D eigenvalue weighted by Gasteiger charge is -2.18. The lowest BCUT2D eigenvalue weighted by atomic mass is 10.1. The zero-order chi connectivity index (χ0) is 16.1. The van der Waals surface area contributed by atoms with Crippen molar-refractivity contribution in [3.05, 3.63) is 68.7 Å². The van der Waals surface area contributed by atoms with E-state index in [1.807, 2.05) is 18.2 Å². The van der Waals surface area contributed by atoms with Crippen molar-refractivity contribution >= 4 is 40.7 Å². The summed E-state index contributed by atoms with van der Waals surface area (Å²) in [5.74, 6) is -0.296. The van der Waals surface area contributed by atoms with Crippen LogP contribution in [0.25, 0.3) is 0 Å². The van der Waals surface area contributed by atoms with Crippen LogP contribution < -0.4 is 5.32 Å². The van der Waals surface area contributed by atoms with Crippen molar-refractivity contribution in [2.45, 2.75) is 6.10 Å². The third-order valence-electron chi connectivity index (χ3n) is 3.16. The molecule has 0 heterocycles. The van der Waals surface area contributed by atoms with E-state index in [2.05, 4.69) is 5.32 Å². The van der Waals surface area contributed by atoms with Crippen LogP contribution in [0.15, 0.2) is 42.5 Å². The smallest absolute Gasteiger partial charge is 0.252 e. The van der Waals surface area contributed by atoms with Gasteiger partial charge in [-0.2, -0.15) is 0 Å². The summed E-state index contributed by atoms with van der Waals surface area (Å²) >= 11 is 18.0. The van der Waals surface area contributed by atoms with Gasteiger partial charge < -0.3 is 10.1 Å². The average Bonchev–Trinajstić information content (AvgIpc) is 2.49. The molecule has 1 unspecified atom stereocenters. The summed E-state index contributed by atoms with van der Waals surface area (Å²) in [5.41, 5.74) is 1.18. The van der Waals surface area contributed by atoms with E-state index in [0.717, 1.165) is 5.56 Å². The molecule has 1 N–H and O–H groups in total. The van der Waals surface area contributed by atoms with Gasteiger partial charge in [0.15, 0.2) is 0 Å². The van der Waals surface area contributed by atoms with Gasteiger partial charge in [0.05, 0.1) is 10.6 Å². The van der Waals surface area contributed by atoms with Crippen LogP contribution in [0, 0.1) is 0 Å². The third-order valence-corrected chi connectivity index (χ3v) is 4.05. The molecule has 0 bridgehead atoms. The largest absolute Gasteiger partial charge is 0.375 e. The van der Waals surface area contributed by atoms with Crippen LogP contribution in [0.4, 0.5) is 0 Å². The van der Waals surface area contributed by atoms with E-state index in [4.69, 9.17) is 39.5 Å². The monoisotopic (exact) mass is 357 g/mol. The maximum absolute atomic E-state index is 12.2. The first-order valence-corrected chi connectivity index (χ1v) is 7.66. The number of nitrogens with one attached hydrogen (secondary N) is 1. The molecule has 0 aliphatic heterocycles. The van der Waals surface area contributed by atoms with Gasteiger partial charge >= 0.3 is 0 Å². The molecule has 116 valence electrons. The van der Waals surface area contributed by atoms with Crippen molar-refractivity contribution < 1.29 is 9.53 Å². The van der Waals surface area contributed by atoms with Gasteiger partial charge in [-0.15, -0.1) is 0 Å². The highest BCUT2D eigenvalue weighted by Gasteiger charge is 2.16. The Hall–Kier alpha value is -1.26. The second kappa shape index (κ2) is 7.84. The van der Waals surface area contributed by atoms with E-state index in [9.17, 15) is 4.79 Å². The van der Waals surface area contributed by atoms with Crippen LogP contribution >= 0.6 is 34.8 Å². The van der Waals surface area contributed by atoms with Gasteiger partial charge in [0.25, 0.3) is 5.91 Å². The summed E-state index contributed by atoms with van der Waals surface area (Å²) < 4.78 is 5.40. The molecule has 1 atom stereocenters. The Balaban J connectivity index is 2.07. The molecule has 6 heteroatoms. The lowest BCUT2D eigenvalue weighted by molar-refractivity contribution is 0.0828. The Kier molecular flexibility index (Phi) is 6.09. The fourth-order valence-electron chi connectivity index (χ4n) is 2.01. The quantitative estimate of drug-likeness (QED) is 0.836. The van der Waals surface area contributed by atoms with E-state index < -0.39 is 0 Å². The zero-order valence-electron chi connectivity index (χ0n) is 11.8. The van der Waals surface area contributed by atoms with Crippen molar-refractivity contribution in [3.63, 3.8) is 0 Å². The van der Waals surface area contributed by atoms with Crippen LogP contribution in [-0.2, 0) is 4.74 Å². The summed E-state index contributed by atoms with van der Waals surface area (Å²) in [6.45, 7) is 0.276. The second-order valence-corrected chi connectivity index (χ2v) is 5.83. The normalized spacial score (nSPS) is 12.0. The van der Waals surface area contributed by atoms with Gasteiger partial charge in [0.1, 0.15) is 6.10 Å². The fraction of sp³-hybridized carbons (Fsp3) is 0.188. The Morgan fingerprint density at radius 1 is 1.14 bits per heavy atom. The van der Waals surface area contributed by atoms with E-state index >= 15 is 0 Å². The standard InChI is InChI=1S/C16H14Cl3NO2/c1-22-15(11-4-2-3-5-13(11)18)9-20-16(21)12-7-6-10(17)8-14(12)19/h2-8,15H,9H2,1H3,(H,20,21). The molecule has 1 amide bonds. The Labute approximate surface area is 144 Å². The number of amides is 1. The molecular formula is C16H14Cl3NO2. The molecule has 22 heavy (non-hydrogen) atoms. The van der Waals surface area contributed by atoms with Gasteiger partial charge in [0, 0.05) is 29.3 Å². The molecule has 0 spiro atoms. The van der Waals surface area contributed by atoms with Gasteiger partial charge in [-0.3, -0.25) is 4.79 Å². The van der Waals surface area contributed by atoms with Crippen molar-refractivity contribution in [1.29, 1.82) is 0 Å². The first kappa shape index (κ1) is 17.1. The molecule has 0 aliphatic carbocycles. The van der Waals surface area contributed by atoms with Crippen LogP contribution in [0.2, 0.25) is 15.1 Å². The molecule has 0 saturated heterocycles. The van der Waals surface area contributed by atoms with E-state index in [0.29, 0.717) is 20.6 Å². The SMILES string of the molecule is COC(CNC(=O)c1ccc(Cl)cc1Cl)c1ccccc1Cl. The second-order valence-electron chi connectivity index (χ2n) is 4.58. The minimum atomic E-state index is -0.344. The molecule has 0 radical (unpaired) electrons. The summed E-state index contributed by atoms with van der Waals surface area (Å²) in [4.78, 5) is 12.2. The van der Waals surface area contributed by atoms with Gasteiger partial charge in [-0.1, -0.05) is 53.0 Å². The van der Waals surface area contributed by atoms with Crippen molar-refractivity contribution in [2.75, 3.05) is 13.7 Å². The summed E-state index contributed by atoms with van der Waals surface area (Å²) in [6, 6.07) is 12.1. The highest BCUT2D eigenvalue weighted by Crippen LogP contribution is 2.25. The van der Waals surface area contributed by atoms with Crippen LogP contribution in [0.5, 0.6) is 0 Å². The zero-order valence-corrected chi connectivity index (χ0v) is 14.0. The molecule has 0 saturated carbocycles. The number of hydrogen-bond donors (Lipinski definition) is 1. The van der Waals surface area contributed by atoms with E-state index in [-0.39, 0.29) is 18.6 Å². The Morgan fingerprint density at radius 3 is 2.50 bits per heavy atom. The number of rotatable bonds is 5. The molecular weight excluding hydrogens is 345 g/mol. The maximum Gasteiger partial charge on any atom is 0.252 e. The number of benzene rings is 2. The average molecular weight is 359 g/mol. The first-order chi connectivity index (χ1) is 10.5. The molecule has 0 fully saturated rings. The predicted octanol–water partition coefficient (Wildman–Crippen LogP) is 4.76. The summed E-state index contributed by atoms with van der Waals surface area (Å²) in [5, 5.41) is 4.16. The molecule has 2 aromatic rings. The number of methoxy groups -OCH3 is 1. The summed E-state index contributed by atoms with van der Waals surface area (Å²) in [6.07, 6.45) is -0.344. The van der Waals surface area contributed by atoms with Crippen LogP contribution in [-0.4, -0.2) is 19.6 Å². The van der Waals surface area contributed by atoms with Gasteiger partial charge in [-0.05, 0) is 24.3 Å². The fourth-order valence-corrected chi connectivity index (χ4v) is 2.76. The topological polar surface area (TPSA) is 38.3 Å². The van der Waals surface area contributed by atoms with Crippen molar-refractivity contribution in [1.82, 2.24) is 5.32 Å².